The molecule has 0 unspecified atom stereocenters. The molecule has 0 atom stereocenters. The number of fused-ring (bicyclic) bond motifs is 1. The fourth-order valence-electron chi connectivity index (χ4n) is 2.27. The molecule has 11 heteroatoms. The molecule has 1 aromatic heterocycles. The van der Waals surface area contributed by atoms with Crippen LogP contribution in [0.25, 0.3) is 10.9 Å². The zero-order chi connectivity index (χ0) is 19.0. The normalized spacial score (nSPS) is 12.6. The Morgan fingerprint density at radius 3 is 2.32 bits per heavy atom. The quantitative estimate of drug-likeness (QED) is 0.586. The Morgan fingerprint density at radius 1 is 1.16 bits per heavy atom. The summed E-state index contributed by atoms with van der Waals surface area (Å²) in [4.78, 5) is 11.6. The van der Waals surface area contributed by atoms with Gasteiger partial charge in [-0.2, -0.15) is 13.2 Å². The van der Waals surface area contributed by atoms with Crippen LogP contribution in [0.1, 0.15) is 10.4 Å². The molecule has 0 aliphatic rings. The summed E-state index contributed by atoms with van der Waals surface area (Å²) in [5.41, 5.74) is -1.76. The van der Waals surface area contributed by atoms with Crippen molar-refractivity contribution < 1.29 is 45.0 Å². The minimum atomic E-state index is -5.36. The van der Waals surface area contributed by atoms with Gasteiger partial charge in [0.1, 0.15) is 11.6 Å². The first-order chi connectivity index (χ1) is 11.5. The Hall–Kier alpha value is -2.30. The van der Waals surface area contributed by atoms with Crippen LogP contribution < -0.4 is 4.74 Å². The van der Waals surface area contributed by atoms with Crippen LogP contribution in [0.3, 0.4) is 0 Å². The number of Topliss-reactive ketones (excluding diaryl/α,β-unsaturated/α-hetero) is 1. The molecule has 0 amide bonds. The lowest BCUT2D eigenvalue weighted by molar-refractivity contribution is -0.274. The molecule has 0 aliphatic carbocycles. The number of carbonyl (C=O) groups is 1. The number of aromatic nitrogens is 1. The first-order valence-electron chi connectivity index (χ1n) is 6.63. The summed E-state index contributed by atoms with van der Waals surface area (Å²) in [5.74, 6) is -4.62. The van der Waals surface area contributed by atoms with E-state index in [2.05, 4.69) is 4.74 Å². The number of hydrogen-bond acceptors (Lipinski definition) is 3. The number of ketones is 1. The summed E-state index contributed by atoms with van der Waals surface area (Å²) in [5, 5.41) is -0.907. The fraction of sp³-hybridized carbons (Fsp3) is 0.357. The SMILES string of the molecule is COCCn1cc(C(=O)C(F)(F)F)c2c(OC(F)(F)F)ccc(F)c21. The van der Waals surface area contributed by atoms with Crippen molar-refractivity contribution in [3.63, 3.8) is 0 Å². The molecule has 0 saturated heterocycles. The summed E-state index contributed by atoms with van der Waals surface area (Å²) < 4.78 is 99.1. The van der Waals surface area contributed by atoms with Gasteiger partial charge in [0.05, 0.1) is 23.1 Å². The van der Waals surface area contributed by atoms with Gasteiger partial charge in [-0.05, 0) is 12.1 Å². The minimum absolute atomic E-state index is 0.0762. The number of hydrogen-bond donors (Lipinski definition) is 0. The average molecular weight is 373 g/mol. The zero-order valence-corrected chi connectivity index (χ0v) is 12.5. The van der Waals surface area contributed by atoms with Crippen molar-refractivity contribution in [3.05, 3.63) is 29.7 Å². The Balaban J connectivity index is 2.77. The minimum Gasteiger partial charge on any atom is -0.405 e. The van der Waals surface area contributed by atoms with Crippen LogP contribution in [0.5, 0.6) is 5.75 Å². The number of alkyl halides is 6. The Kier molecular flexibility index (Phi) is 4.98. The third kappa shape index (κ3) is 4.03. The molecule has 0 N–H and O–H groups in total. The van der Waals surface area contributed by atoms with Crippen molar-refractivity contribution >= 4 is 16.7 Å². The average Bonchev–Trinajstić information content (AvgIpc) is 2.85. The smallest absolute Gasteiger partial charge is 0.405 e. The predicted octanol–water partition coefficient (Wildman–Crippen LogP) is 4.07. The van der Waals surface area contributed by atoms with Gasteiger partial charge < -0.3 is 14.0 Å². The maximum Gasteiger partial charge on any atom is 0.573 e. The van der Waals surface area contributed by atoms with Crippen LogP contribution >= 0.6 is 0 Å². The van der Waals surface area contributed by atoms with Gasteiger partial charge in [-0.1, -0.05) is 0 Å². The van der Waals surface area contributed by atoms with E-state index in [-0.39, 0.29) is 13.2 Å². The van der Waals surface area contributed by atoms with E-state index in [9.17, 15) is 35.5 Å². The molecule has 25 heavy (non-hydrogen) atoms. The van der Waals surface area contributed by atoms with E-state index in [1.54, 1.807) is 0 Å². The van der Waals surface area contributed by atoms with E-state index in [1.165, 1.54) is 7.11 Å². The molecule has 0 saturated carbocycles. The molecule has 0 radical (unpaired) electrons. The summed E-state index contributed by atoms with van der Waals surface area (Å²) in [6.45, 7) is -0.266. The maximum absolute atomic E-state index is 14.1. The molecule has 0 fully saturated rings. The monoisotopic (exact) mass is 373 g/mol. The van der Waals surface area contributed by atoms with Gasteiger partial charge in [0, 0.05) is 19.9 Å². The van der Waals surface area contributed by atoms with Crippen LogP contribution in [0.2, 0.25) is 0 Å². The van der Waals surface area contributed by atoms with Gasteiger partial charge in [-0.25, -0.2) is 4.39 Å². The van der Waals surface area contributed by atoms with E-state index in [4.69, 9.17) is 4.74 Å². The number of benzene rings is 1. The number of ether oxygens (including phenoxy) is 2. The van der Waals surface area contributed by atoms with Crippen LogP contribution in [-0.4, -0.2) is 36.6 Å². The van der Waals surface area contributed by atoms with Gasteiger partial charge >= 0.3 is 12.5 Å². The predicted molar refractivity (Wildman–Crippen MR) is 70.8 cm³/mol. The number of methoxy groups -OCH3 is 1. The van der Waals surface area contributed by atoms with E-state index in [0.717, 1.165) is 4.57 Å². The molecule has 4 nitrogen and oxygen atoms in total. The van der Waals surface area contributed by atoms with E-state index in [1.807, 2.05) is 0 Å². The molecule has 0 bridgehead atoms. The largest absolute Gasteiger partial charge is 0.573 e. The van der Waals surface area contributed by atoms with Gasteiger partial charge in [-0.15, -0.1) is 13.2 Å². The molecule has 138 valence electrons. The summed E-state index contributed by atoms with van der Waals surface area (Å²) in [7, 11) is 1.27. The standard InChI is InChI=1S/C14H10F7NO3/c1-24-5-4-22-6-7(12(23)13(16,17)18)10-9(25-14(19,20)21)3-2-8(15)11(10)22/h2-3,6H,4-5H2,1H3. The first kappa shape index (κ1) is 19.0. The van der Waals surface area contributed by atoms with E-state index in [0.29, 0.717) is 18.3 Å². The summed E-state index contributed by atoms with van der Waals surface area (Å²) in [6.07, 6.45) is -9.97. The molecule has 2 rings (SSSR count). The molecule has 2 aromatic rings. The molecule has 1 aromatic carbocycles. The van der Waals surface area contributed by atoms with Crippen molar-refractivity contribution in [2.24, 2.45) is 0 Å². The maximum atomic E-state index is 14.1. The number of nitrogens with zero attached hydrogens (tertiary/aromatic N) is 1. The van der Waals surface area contributed by atoms with E-state index < -0.39 is 46.4 Å². The van der Waals surface area contributed by atoms with E-state index >= 15 is 0 Å². The highest BCUT2D eigenvalue weighted by atomic mass is 19.4. The molecule has 0 aliphatic heterocycles. The first-order valence-corrected chi connectivity index (χ1v) is 6.63. The van der Waals surface area contributed by atoms with Crippen molar-refractivity contribution in [2.75, 3.05) is 13.7 Å². The van der Waals surface area contributed by atoms with Crippen molar-refractivity contribution in [3.8, 4) is 5.75 Å². The van der Waals surface area contributed by atoms with Gasteiger partial charge in [0.25, 0.3) is 5.78 Å². The zero-order valence-electron chi connectivity index (χ0n) is 12.5. The number of carbonyl (C=O) groups excluding carboxylic acids is 1. The van der Waals surface area contributed by atoms with Crippen molar-refractivity contribution in [1.82, 2.24) is 4.57 Å². The molecule has 1 heterocycles. The van der Waals surface area contributed by atoms with Gasteiger partial charge in [-0.3, -0.25) is 4.79 Å². The third-order valence-electron chi connectivity index (χ3n) is 3.20. The van der Waals surface area contributed by atoms with Crippen LogP contribution in [0, 0.1) is 5.82 Å². The lowest BCUT2D eigenvalue weighted by Gasteiger charge is -2.12. The highest BCUT2D eigenvalue weighted by Gasteiger charge is 2.42. The fourth-order valence-corrected chi connectivity index (χ4v) is 2.27. The lowest BCUT2D eigenvalue weighted by atomic mass is 10.1. The van der Waals surface area contributed by atoms with Crippen LogP contribution in [-0.2, 0) is 11.3 Å². The van der Waals surface area contributed by atoms with Crippen molar-refractivity contribution in [1.29, 1.82) is 0 Å². The number of rotatable bonds is 5. The molecular formula is C14H10F7NO3. The molecule has 0 spiro atoms. The molecular weight excluding hydrogens is 363 g/mol. The highest BCUT2D eigenvalue weighted by Crippen LogP contribution is 2.38. The van der Waals surface area contributed by atoms with Gasteiger partial charge in [0.2, 0.25) is 0 Å². The summed E-state index contributed by atoms with van der Waals surface area (Å²) >= 11 is 0. The Labute approximate surface area is 135 Å². The second-order valence-electron chi connectivity index (χ2n) is 4.87. The van der Waals surface area contributed by atoms with Crippen molar-refractivity contribution in [2.45, 2.75) is 19.1 Å². The van der Waals surface area contributed by atoms with Crippen LogP contribution in [0.15, 0.2) is 18.3 Å². The Bertz CT molecular complexity index is 792. The topological polar surface area (TPSA) is 40.5 Å². The third-order valence-corrected chi connectivity index (χ3v) is 3.20. The highest BCUT2D eigenvalue weighted by molar-refractivity contribution is 6.12. The number of halogens is 7. The lowest BCUT2D eigenvalue weighted by Crippen LogP contribution is -2.23. The van der Waals surface area contributed by atoms with Gasteiger partial charge in [0.15, 0.2) is 0 Å². The van der Waals surface area contributed by atoms with Crippen LogP contribution in [0.4, 0.5) is 30.7 Å². The second-order valence-corrected chi connectivity index (χ2v) is 4.87. The Morgan fingerprint density at radius 2 is 1.80 bits per heavy atom. The second kappa shape index (κ2) is 6.54. The summed E-state index contributed by atoms with van der Waals surface area (Å²) in [6, 6.07) is 1.12.